The largest absolute Gasteiger partial charge is 0.480 e. The van der Waals surface area contributed by atoms with Gasteiger partial charge in [-0.25, -0.2) is 4.79 Å². The lowest BCUT2D eigenvalue weighted by Gasteiger charge is -2.47. The smallest absolute Gasteiger partial charge is 0.331 e. The molecular formula is C19H37Cl3N4O3. The molecule has 0 aliphatic carbocycles. The maximum Gasteiger partial charge on any atom is 0.331 e. The Balaban J connectivity index is 0.00000261. The molecule has 10 heteroatoms. The Kier molecular flexibility index (Phi) is 13.2. The zero-order valence-electron chi connectivity index (χ0n) is 17.2. The van der Waals surface area contributed by atoms with Crippen LogP contribution < -0.4 is 10.6 Å². The summed E-state index contributed by atoms with van der Waals surface area (Å²) >= 11 is 0. The van der Waals surface area contributed by atoms with E-state index in [2.05, 4.69) is 15.5 Å². The fourth-order valence-electron chi connectivity index (χ4n) is 5.01. The van der Waals surface area contributed by atoms with Crippen LogP contribution in [0.15, 0.2) is 0 Å². The van der Waals surface area contributed by atoms with Crippen molar-refractivity contribution < 1.29 is 14.7 Å². The molecule has 0 spiro atoms. The van der Waals surface area contributed by atoms with E-state index in [9.17, 15) is 14.7 Å². The highest BCUT2D eigenvalue weighted by molar-refractivity contribution is 6.06. The number of hydrogen-bond acceptors (Lipinski definition) is 6. The fraction of sp³-hybridized carbons (Fsp3) is 0.895. The second kappa shape index (κ2) is 13.3. The van der Waals surface area contributed by atoms with E-state index < -0.39 is 11.5 Å². The first-order valence-electron chi connectivity index (χ1n) is 10.2. The maximum absolute atomic E-state index is 12.6. The minimum Gasteiger partial charge on any atom is -0.480 e. The van der Waals surface area contributed by atoms with E-state index in [1.807, 2.05) is 4.90 Å². The number of piperazine rings is 1. The number of ketones is 1. The van der Waals surface area contributed by atoms with Crippen LogP contribution in [0.5, 0.6) is 0 Å². The van der Waals surface area contributed by atoms with Gasteiger partial charge >= 0.3 is 5.97 Å². The number of carbonyl (C=O) groups excluding carboxylic acids is 1. The fourth-order valence-corrected chi connectivity index (χ4v) is 5.01. The maximum atomic E-state index is 12.6. The quantitative estimate of drug-likeness (QED) is 0.501. The summed E-state index contributed by atoms with van der Waals surface area (Å²) in [5.74, 6) is -0.864. The lowest BCUT2D eigenvalue weighted by molar-refractivity contribution is -0.161. The number of carboxylic acids is 1. The monoisotopic (exact) mass is 474 g/mol. The number of halogens is 3. The van der Waals surface area contributed by atoms with Crippen LogP contribution in [0.2, 0.25) is 0 Å². The van der Waals surface area contributed by atoms with Gasteiger partial charge in [-0.1, -0.05) is 0 Å². The third kappa shape index (κ3) is 6.66. The van der Waals surface area contributed by atoms with Gasteiger partial charge in [0.05, 0.1) is 0 Å². The van der Waals surface area contributed by atoms with Crippen LogP contribution in [-0.4, -0.2) is 90.6 Å². The van der Waals surface area contributed by atoms with E-state index in [1.165, 1.54) is 6.92 Å². The average molecular weight is 476 g/mol. The summed E-state index contributed by atoms with van der Waals surface area (Å²) in [5.41, 5.74) is -1.35. The SMILES string of the molecule is CC(=O)C(CC1CCNCC1)(C(=O)O)N1CCN(C2CCNCC2)CC1.Cl.Cl.Cl. The Labute approximate surface area is 192 Å². The standard InChI is InChI=1S/C19H34N4O3.3ClH/c1-15(24)19(18(25)26,14-16-2-6-20-7-3-16)23-12-10-22(11-13-23)17-4-8-21-9-5-17;;;/h16-17,20-21H,2-14H2,1H3,(H,25,26);3*1H. The molecule has 3 fully saturated rings. The van der Waals surface area contributed by atoms with Gasteiger partial charge in [0.25, 0.3) is 0 Å². The third-order valence-corrected chi connectivity index (χ3v) is 6.66. The van der Waals surface area contributed by atoms with Crippen molar-refractivity contribution in [3.63, 3.8) is 0 Å². The third-order valence-electron chi connectivity index (χ3n) is 6.66. The van der Waals surface area contributed by atoms with E-state index in [0.717, 1.165) is 65.0 Å². The zero-order valence-corrected chi connectivity index (χ0v) is 19.7. The van der Waals surface area contributed by atoms with Gasteiger partial charge < -0.3 is 15.7 Å². The van der Waals surface area contributed by atoms with E-state index in [-0.39, 0.29) is 43.0 Å². The first kappa shape index (κ1) is 28.9. The van der Waals surface area contributed by atoms with Gasteiger partial charge in [-0.05, 0) is 71.1 Å². The van der Waals surface area contributed by atoms with Crippen LogP contribution >= 0.6 is 37.2 Å². The molecule has 0 aromatic rings. The summed E-state index contributed by atoms with van der Waals surface area (Å²) in [4.78, 5) is 29.4. The van der Waals surface area contributed by atoms with Crippen molar-refractivity contribution in [2.75, 3.05) is 52.4 Å². The molecule has 3 rings (SSSR count). The molecule has 3 heterocycles. The van der Waals surface area contributed by atoms with Crippen molar-refractivity contribution in [3.8, 4) is 0 Å². The molecule has 1 atom stereocenters. The molecule has 0 aromatic heterocycles. The molecule has 0 saturated carbocycles. The molecule has 3 aliphatic rings. The van der Waals surface area contributed by atoms with Gasteiger partial charge in [-0.15, -0.1) is 37.2 Å². The molecule has 3 N–H and O–H groups in total. The molecule has 7 nitrogen and oxygen atoms in total. The number of nitrogens with one attached hydrogen (secondary N) is 2. The van der Waals surface area contributed by atoms with Crippen molar-refractivity contribution >= 4 is 49.0 Å². The van der Waals surface area contributed by atoms with Crippen molar-refractivity contribution in [1.82, 2.24) is 20.4 Å². The predicted molar refractivity (Wildman–Crippen MR) is 122 cm³/mol. The second-order valence-corrected chi connectivity index (χ2v) is 8.12. The molecule has 3 saturated heterocycles. The highest BCUT2D eigenvalue weighted by atomic mass is 35.5. The van der Waals surface area contributed by atoms with Crippen molar-refractivity contribution in [2.24, 2.45) is 5.92 Å². The average Bonchev–Trinajstić information content (AvgIpc) is 2.67. The number of piperidine rings is 2. The number of carboxylic acid groups (broad SMARTS) is 1. The number of aliphatic carboxylic acids is 1. The van der Waals surface area contributed by atoms with Crippen LogP contribution in [-0.2, 0) is 9.59 Å². The van der Waals surface area contributed by atoms with Crippen molar-refractivity contribution in [2.45, 2.75) is 50.6 Å². The molecule has 29 heavy (non-hydrogen) atoms. The number of rotatable bonds is 6. The molecule has 0 amide bonds. The van der Waals surface area contributed by atoms with E-state index in [4.69, 9.17) is 0 Å². The Hall–Kier alpha value is -0.150. The van der Waals surface area contributed by atoms with Crippen LogP contribution in [0, 0.1) is 5.92 Å². The molecular weight excluding hydrogens is 439 g/mol. The van der Waals surface area contributed by atoms with E-state index in [0.29, 0.717) is 31.5 Å². The minimum absolute atomic E-state index is 0. The Bertz CT molecular complexity index is 493. The number of nitrogens with zero attached hydrogens (tertiary/aromatic N) is 2. The molecule has 3 aliphatic heterocycles. The summed E-state index contributed by atoms with van der Waals surface area (Å²) < 4.78 is 0. The summed E-state index contributed by atoms with van der Waals surface area (Å²) in [7, 11) is 0. The predicted octanol–water partition coefficient (Wildman–Crippen LogP) is 1.42. The lowest BCUT2D eigenvalue weighted by Crippen LogP contribution is -2.66. The first-order valence-corrected chi connectivity index (χ1v) is 10.2. The highest BCUT2D eigenvalue weighted by Crippen LogP contribution is 2.32. The molecule has 0 radical (unpaired) electrons. The van der Waals surface area contributed by atoms with Crippen LogP contribution in [0.3, 0.4) is 0 Å². The van der Waals surface area contributed by atoms with Gasteiger partial charge in [0, 0.05) is 32.2 Å². The first-order chi connectivity index (χ1) is 12.5. The van der Waals surface area contributed by atoms with Gasteiger partial charge in [0.1, 0.15) is 0 Å². The molecule has 172 valence electrons. The van der Waals surface area contributed by atoms with E-state index in [1.54, 1.807) is 0 Å². The van der Waals surface area contributed by atoms with Crippen molar-refractivity contribution in [1.29, 1.82) is 0 Å². The Morgan fingerprint density at radius 3 is 1.83 bits per heavy atom. The highest BCUT2D eigenvalue weighted by Gasteiger charge is 2.51. The normalized spacial score (nSPS) is 24.3. The van der Waals surface area contributed by atoms with Gasteiger partial charge in [0.15, 0.2) is 11.3 Å². The Morgan fingerprint density at radius 2 is 1.38 bits per heavy atom. The number of hydrogen-bond donors (Lipinski definition) is 3. The van der Waals surface area contributed by atoms with Crippen LogP contribution in [0.25, 0.3) is 0 Å². The van der Waals surface area contributed by atoms with Crippen LogP contribution in [0.4, 0.5) is 0 Å². The van der Waals surface area contributed by atoms with Gasteiger partial charge in [0.2, 0.25) is 0 Å². The number of carbonyl (C=O) groups is 2. The zero-order chi connectivity index (χ0) is 18.6. The summed E-state index contributed by atoms with van der Waals surface area (Å²) in [5, 5.41) is 16.8. The molecule has 0 aromatic carbocycles. The van der Waals surface area contributed by atoms with E-state index >= 15 is 0 Å². The summed E-state index contributed by atoms with van der Waals surface area (Å²) in [6.07, 6.45) is 4.68. The topological polar surface area (TPSA) is 84.9 Å². The minimum atomic E-state index is -1.35. The summed E-state index contributed by atoms with van der Waals surface area (Å²) in [6, 6.07) is 0.597. The summed E-state index contributed by atoms with van der Waals surface area (Å²) in [6.45, 7) is 8.48. The molecule has 0 bridgehead atoms. The van der Waals surface area contributed by atoms with Gasteiger partial charge in [-0.2, -0.15) is 0 Å². The molecule has 1 unspecified atom stereocenters. The van der Waals surface area contributed by atoms with Crippen molar-refractivity contribution in [3.05, 3.63) is 0 Å². The van der Waals surface area contributed by atoms with Crippen LogP contribution in [0.1, 0.15) is 39.0 Å². The van der Waals surface area contributed by atoms with Gasteiger partial charge in [-0.3, -0.25) is 14.6 Å². The lowest BCUT2D eigenvalue weighted by atomic mass is 9.78. The second-order valence-electron chi connectivity index (χ2n) is 8.12. The Morgan fingerprint density at radius 1 is 0.897 bits per heavy atom. The number of Topliss-reactive ketones (excluding diaryl/α,β-unsaturated/α-hetero) is 1.